The first-order chi connectivity index (χ1) is 10.1. The van der Waals surface area contributed by atoms with Gasteiger partial charge in [0, 0.05) is 21.7 Å². The second kappa shape index (κ2) is 6.32. The van der Waals surface area contributed by atoms with Gasteiger partial charge in [-0.2, -0.15) is 0 Å². The lowest BCUT2D eigenvalue weighted by molar-refractivity contribution is 0.171. The predicted molar refractivity (Wildman–Crippen MR) is 93.6 cm³/mol. The number of hydrogen-bond acceptors (Lipinski definition) is 3. The highest BCUT2D eigenvalue weighted by molar-refractivity contribution is 14.1. The summed E-state index contributed by atoms with van der Waals surface area (Å²) >= 11 is 8.62. The van der Waals surface area contributed by atoms with E-state index in [0.717, 1.165) is 11.4 Å². The van der Waals surface area contributed by atoms with Crippen molar-refractivity contribution >= 4 is 39.9 Å². The van der Waals surface area contributed by atoms with Gasteiger partial charge in [0.25, 0.3) is 0 Å². The second-order valence-electron chi connectivity index (χ2n) is 4.89. The third-order valence-corrected chi connectivity index (χ3v) is 4.41. The maximum absolute atomic E-state index is 6.32. The molecule has 1 atom stereocenters. The lowest BCUT2D eigenvalue weighted by Crippen LogP contribution is -2.16. The third kappa shape index (κ3) is 3.37. The molecule has 1 N–H and O–H groups in total. The van der Waals surface area contributed by atoms with E-state index in [-0.39, 0.29) is 6.04 Å². The second-order valence-corrected chi connectivity index (χ2v) is 6.55. The molecule has 5 heteroatoms. The van der Waals surface area contributed by atoms with Gasteiger partial charge in [0.15, 0.2) is 11.5 Å². The molecular weight excluding hydrogens is 401 g/mol. The smallest absolute Gasteiger partial charge is 0.163 e. The van der Waals surface area contributed by atoms with Crippen LogP contribution in [0, 0.1) is 3.57 Å². The van der Waals surface area contributed by atoms with Crippen molar-refractivity contribution in [3.05, 3.63) is 50.6 Å². The normalized spacial score (nSPS) is 14.6. The SMILES string of the molecule is CC(Nc1cc2c(cc1Cl)OCCO2)c1ccc(I)cc1. The van der Waals surface area contributed by atoms with Crippen LogP contribution in [0.15, 0.2) is 36.4 Å². The third-order valence-electron chi connectivity index (χ3n) is 3.37. The zero-order valence-electron chi connectivity index (χ0n) is 11.5. The summed E-state index contributed by atoms with van der Waals surface area (Å²) in [5, 5.41) is 4.06. The van der Waals surface area contributed by atoms with E-state index < -0.39 is 0 Å². The minimum atomic E-state index is 0.155. The molecule has 1 aliphatic rings. The molecule has 0 bridgehead atoms. The van der Waals surface area contributed by atoms with E-state index in [1.165, 1.54) is 9.13 Å². The summed E-state index contributed by atoms with van der Waals surface area (Å²) in [6.45, 7) is 3.24. The number of benzene rings is 2. The fourth-order valence-corrected chi connectivity index (χ4v) is 2.81. The number of halogens is 2. The molecule has 110 valence electrons. The summed E-state index contributed by atoms with van der Waals surface area (Å²) < 4.78 is 12.3. The fraction of sp³-hybridized carbons (Fsp3) is 0.250. The summed E-state index contributed by atoms with van der Waals surface area (Å²) in [7, 11) is 0. The highest BCUT2D eigenvalue weighted by Gasteiger charge is 2.16. The van der Waals surface area contributed by atoms with Crippen molar-refractivity contribution in [3.8, 4) is 11.5 Å². The lowest BCUT2D eigenvalue weighted by Gasteiger charge is -2.22. The van der Waals surface area contributed by atoms with E-state index in [2.05, 4.69) is 59.1 Å². The zero-order valence-corrected chi connectivity index (χ0v) is 14.4. The Morgan fingerprint density at radius 3 is 2.38 bits per heavy atom. The lowest BCUT2D eigenvalue weighted by atomic mass is 10.1. The molecule has 1 heterocycles. The van der Waals surface area contributed by atoms with Crippen LogP contribution in [0.4, 0.5) is 5.69 Å². The molecule has 0 amide bonds. The molecule has 3 rings (SSSR count). The van der Waals surface area contributed by atoms with Gasteiger partial charge in [-0.15, -0.1) is 0 Å². The van der Waals surface area contributed by atoms with Crippen LogP contribution in [0.1, 0.15) is 18.5 Å². The number of ether oxygens (including phenoxy) is 2. The number of nitrogens with one attached hydrogen (secondary N) is 1. The summed E-state index contributed by atoms with van der Waals surface area (Å²) in [6.07, 6.45) is 0. The van der Waals surface area contributed by atoms with E-state index >= 15 is 0 Å². The summed E-state index contributed by atoms with van der Waals surface area (Å²) in [4.78, 5) is 0. The molecule has 0 aliphatic carbocycles. The van der Waals surface area contributed by atoms with Crippen LogP contribution in [0.3, 0.4) is 0 Å². The van der Waals surface area contributed by atoms with Crippen molar-refractivity contribution in [1.82, 2.24) is 0 Å². The summed E-state index contributed by atoms with van der Waals surface area (Å²) in [5.74, 6) is 1.45. The topological polar surface area (TPSA) is 30.5 Å². The Bertz CT molecular complexity index is 645. The van der Waals surface area contributed by atoms with E-state index in [1.54, 1.807) is 6.07 Å². The predicted octanol–water partition coefficient (Wildman–Crippen LogP) is 4.89. The molecule has 0 fully saturated rings. The van der Waals surface area contributed by atoms with Gasteiger partial charge in [-0.3, -0.25) is 0 Å². The number of rotatable bonds is 3. The Hall–Kier alpha value is -1.14. The van der Waals surface area contributed by atoms with Crippen LogP contribution in [-0.2, 0) is 0 Å². The molecule has 3 nitrogen and oxygen atoms in total. The minimum Gasteiger partial charge on any atom is -0.486 e. The van der Waals surface area contributed by atoms with Crippen molar-refractivity contribution in [1.29, 1.82) is 0 Å². The molecular formula is C16H15ClINO2. The molecule has 21 heavy (non-hydrogen) atoms. The highest BCUT2D eigenvalue weighted by atomic mass is 127. The Kier molecular flexibility index (Phi) is 4.45. The van der Waals surface area contributed by atoms with Gasteiger partial charge in [0.05, 0.1) is 10.7 Å². The Balaban J connectivity index is 1.82. The Morgan fingerprint density at radius 1 is 1.10 bits per heavy atom. The molecule has 0 saturated heterocycles. The maximum atomic E-state index is 6.32. The molecule has 2 aromatic rings. The highest BCUT2D eigenvalue weighted by Crippen LogP contribution is 2.39. The molecule has 0 aromatic heterocycles. The molecule has 2 aromatic carbocycles. The van der Waals surface area contributed by atoms with Crippen LogP contribution >= 0.6 is 34.2 Å². The van der Waals surface area contributed by atoms with Crippen LogP contribution in [0.2, 0.25) is 5.02 Å². The quantitative estimate of drug-likeness (QED) is 0.724. The van der Waals surface area contributed by atoms with Gasteiger partial charge in [0.2, 0.25) is 0 Å². The van der Waals surface area contributed by atoms with Crippen LogP contribution in [-0.4, -0.2) is 13.2 Å². The van der Waals surface area contributed by atoms with Gasteiger partial charge in [0.1, 0.15) is 13.2 Å². The number of fused-ring (bicyclic) bond motifs is 1. The van der Waals surface area contributed by atoms with Crippen LogP contribution in [0.25, 0.3) is 0 Å². The molecule has 0 saturated carbocycles. The van der Waals surface area contributed by atoms with Gasteiger partial charge < -0.3 is 14.8 Å². The summed E-state index contributed by atoms with van der Waals surface area (Å²) in [5.41, 5.74) is 2.06. The first kappa shape index (κ1) is 14.8. The fourth-order valence-electron chi connectivity index (χ4n) is 2.24. The van der Waals surface area contributed by atoms with E-state index in [1.807, 2.05) is 6.07 Å². The van der Waals surface area contributed by atoms with E-state index in [4.69, 9.17) is 21.1 Å². The van der Waals surface area contributed by atoms with Crippen LogP contribution < -0.4 is 14.8 Å². The van der Waals surface area contributed by atoms with E-state index in [9.17, 15) is 0 Å². The molecule has 0 radical (unpaired) electrons. The van der Waals surface area contributed by atoms with Gasteiger partial charge in [-0.25, -0.2) is 0 Å². The maximum Gasteiger partial charge on any atom is 0.163 e. The Morgan fingerprint density at radius 2 is 1.71 bits per heavy atom. The first-order valence-corrected chi connectivity index (χ1v) is 8.20. The van der Waals surface area contributed by atoms with Crippen LogP contribution in [0.5, 0.6) is 11.5 Å². The molecule has 0 spiro atoms. The number of anilines is 1. The average molecular weight is 416 g/mol. The monoisotopic (exact) mass is 415 g/mol. The average Bonchev–Trinajstić information content (AvgIpc) is 2.48. The van der Waals surface area contributed by atoms with Crippen molar-refractivity contribution in [2.24, 2.45) is 0 Å². The largest absolute Gasteiger partial charge is 0.486 e. The summed E-state index contributed by atoms with van der Waals surface area (Å²) in [6, 6.07) is 12.3. The van der Waals surface area contributed by atoms with E-state index in [0.29, 0.717) is 24.0 Å². The standard InChI is InChI=1S/C16H15ClINO2/c1-10(11-2-4-12(18)5-3-11)19-14-9-16-15(8-13(14)17)20-6-7-21-16/h2-5,8-10,19H,6-7H2,1H3. The van der Waals surface area contributed by atoms with Gasteiger partial charge in [-0.05, 0) is 47.2 Å². The van der Waals surface area contributed by atoms with Crippen molar-refractivity contribution in [2.45, 2.75) is 13.0 Å². The zero-order chi connectivity index (χ0) is 14.8. The van der Waals surface area contributed by atoms with Crippen molar-refractivity contribution in [2.75, 3.05) is 18.5 Å². The van der Waals surface area contributed by atoms with Crippen molar-refractivity contribution in [3.63, 3.8) is 0 Å². The minimum absolute atomic E-state index is 0.155. The number of hydrogen-bond donors (Lipinski definition) is 1. The van der Waals surface area contributed by atoms with Gasteiger partial charge >= 0.3 is 0 Å². The first-order valence-electron chi connectivity index (χ1n) is 6.74. The van der Waals surface area contributed by atoms with Crippen molar-refractivity contribution < 1.29 is 9.47 Å². The molecule has 1 aliphatic heterocycles. The Labute approximate surface area is 142 Å². The van der Waals surface area contributed by atoms with Gasteiger partial charge in [-0.1, -0.05) is 23.7 Å². The molecule has 1 unspecified atom stereocenters.